The van der Waals surface area contributed by atoms with Gasteiger partial charge in [0.2, 0.25) is 0 Å². The standard InChI is InChI=1S/C23H39N5O6/c1-25-10-11-26(16-25)13-17-6-7-18(19(12-17)28(33)34)24-8-4-2-3-5-9-27-14-21(30)23(32)22(31)20(27)15-29/h6-7,12,20-24,29-32H,2-5,8-11,13-16H2,1H3/t20-,21+,22-,23-/m1/s1. The minimum atomic E-state index is -1.24. The molecule has 0 saturated carbocycles. The van der Waals surface area contributed by atoms with Gasteiger partial charge in [0.15, 0.2) is 0 Å². The van der Waals surface area contributed by atoms with Crippen molar-refractivity contribution in [1.29, 1.82) is 0 Å². The van der Waals surface area contributed by atoms with Gasteiger partial charge in [-0.3, -0.25) is 24.8 Å². The third-order valence-electron chi connectivity index (χ3n) is 6.81. The van der Waals surface area contributed by atoms with Gasteiger partial charge >= 0.3 is 0 Å². The van der Waals surface area contributed by atoms with Crippen molar-refractivity contribution in [3.05, 3.63) is 33.9 Å². The Morgan fingerprint density at radius 1 is 1.12 bits per heavy atom. The zero-order valence-corrected chi connectivity index (χ0v) is 19.9. The highest BCUT2D eigenvalue weighted by Gasteiger charge is 2.40. The van der Waals surface area contributed by atoms with Gasteiger partial charge in [-0.15, -0.1) is 0 Å². The van der Waals surface area contributed by atoms with Crippen LogP contribution >= 0.6 is 0 Å². The van der Waals surface area contributed by atoms with E-state index in [4.69, 9.17) is 0 Å². The molecule has 1 aromatic carbocycles. The minimum absolute atomic E-state index is 0.101. The Balaban J connectivity index is 1.38. The highest BCUT2D eigenvalue weighted by molar-refractivity contribution is 5.62. The van der Waals surface area contributed by atoms with Crippen molar-refractivity contribution in [2.75, 3.05) is 58.4 Å². The third kappa shape index (κ3) is 7.08. The van der Waals surface area contributed by atoms with Gasteiger partial charge in [0, 0.05) is 38.8 Å². The molecule has 0 bridgehead atoms. The summed E-state index contributed by atoms with van der Waals surface area (Å²) in [4.78, 5) is 17.6. The summed E-state index contributed by atoms with van der Waals surface area (Å²) in [6.07, 6.45) is 0.0828. The summed E-state index contributed by atoms with van der Waals surface area (Å²) < 4.78 is 0. The maximum atomic E-state index is 11.6. The zero-order chi connectivity index (χ0) is 24.7. The molecule has 34 heavy (non-hydrogen) atoms. The lowest BCUT2D eigenvalue weighted by Gasteiger charge is -2.43. The van der Waals surface area contributed by atoms with E-state index in [9.17, 15) is 30.5 Å². The van der Waals surface area contributed by atoms with Gasteiger partial charge in [-0.2, -0.15) is 0 Å². The van der Waals surface area contributed by atoms with Crippen molar-refractivity contribution in [2.24, 2.45) is 0 Å². The summed E-state index contributed by atoms with van der Waals surface area (Å²) in [5.41, 5.74) is 1.58. The predicted octanol–water partition coefficient (Wildman–Crippen LogP) is 0.0312. The summed E-state index contributed by atoms with van der Waals surface area (Å²) in [6.45, 7) is 4.73. The molecule has 11 heteroatoms. The number of nitrogens with zero attached hydrogens (tertiary/aromatic N) is 4. The second-order valence-corrected chi connectivity index (χ2v) is 9.52. The van der Waals surface area contributed by atoms with Crippen molar-refractivity contribution in [3.8, 4) is 0 Å². The average Bonchev–Trinajstić information content (AvgIpc) is 3.22. The van der Waals surface area contributed by atoms with E-state index < -0.39 is 24.4 Å². The smallest absolute Gasteiger partial charge is 0.292 e. The van der Waals surface area contributed by atoms with E-state index in [0.29, 0.717) is 25.3 Å². The first kappa shape index (κ1) is 26.7. The van der Waals surface area contributed by atoms with Crippen molar-refractivity contribution < 1.29 is 25.3 Å². The van der Waals surface area contributed by atoms with Crippen LogP contribution in [0.5, 0.6) is 0 Å². The Bertz CT molecular complexity index is 799. The third-order valence-corrected chi connectivity index (χ3v) is 6.81. The highest BCUT2D eigenvalue weighted by atomic mass is 16.6. The van der Waals surface area contributed by atoms with Gasteiger partial charge in [-0.05, 0) is 38.1 Å². The lowest BCUT2D eigenvalue weighted by Crippen LogP contribution is -2.62. The second kappa shape index (κ2) is 12.7. The number of likely N-dealkylation sites (tertiary alicyclic amines) is 1. The Morgan fingerprint density at radius 2 is 1.88 bits per heavy atom. The number of aliphatic hydroxyl groups is 4. The van der Waals surface area contributed by atoms with Crippen molar-refractivity contribution >= 4 is 11.4 Å². The van der Waals surface area contributed by atoms with Gasteiger partial charge in [0.25, 0.3) is 5.69 Å². The SMILES string of the molecule is CN1CCN(Cc2ccc(NCCCCCCN3C[C@H](O)[C@@H](O)[C@H](O)[C@H]3CO)c([N+](=O)[O-])c2)C1. The molecule has 1 aromatic rings. The number of benzene rings is 1. The lowest BCUT2D eigenvalue weighted by atomic mass is 9.94. The number of piperidine rings is 1. The van der Waals surface area contributed by atoms with E-state index in [0.717, 1.165) is 51.0 Å². The average molecular weight is 482 g/mol. The quantitative estimate of drug-likeness (QED) is 0.157. The number of hydrogen-bond acceptors (Lipinski definition) is 10. The second-order valence-electron chi connectivity index (χ2n) is 9.52. The molecule has 2 heterocycles. The van der Waals surface area contributed by atoms with Gasteiger partial charge in [0.1, 0.15) is 17.9 Å². The number of likely N-dealkylation sites (N-methyl/N-ethyl adjacent to an activating group) is 1. The Labute approximate surface area is 200 Å². The first-order valence-electron chi connectivity index (χ1n) is 12.1. The molecule has 0 radical (unpaired) electrons. The fourth-order valence-electron chi connectivity index (χ4n) is 4.81. The van der Waals surface area contributed by atoms with E-state index in [1.165, 1.54) is 0 Å². The molecule has 0 unspecified atom stereocenters. The number of β-amino-alcohol motifs (C(OH)–C–C–N with tert-alkyl or cyclic N) is 1. The summed E-state index contributed by atoms with van der Waals surface area (Å²) in [6, 6.07) is 4.83. The maximum absolute atomic E-state index is 11.6. The van der Waals surface area contributed by atoms with Crippen LogP contribution in [0.1, 0.15) is 31.2 Å². The van der Waals surface area contributed by atoms with Crippen LogP contribution in [0.15, 0.2) is 18.2 Å². The molecule has 5 N–H and O–H groups in total. The molecule has 192 valence electrons. The highest BCUT2D eigenvalue weighted by Crippen LogP contribution is 2.27. The van der Waals surface area contributed by atoms with Gasteiger partial charge in [-0.25, -0.2) is 0 Å². The number of nitro groups is 1. The molecule has 0 amide bonds. The molecule has 11 nitrogen and oxygen atoms in total. The topological polar surface area (TPSA) is 146 Å². The Morgan fingerprint density at radius 3 is 2.56 bits per heavy atom. The first-order valence-corrected chi connectivity index (χ1v) is 12.1. The predicted molar refractivity (Wildman–Crippen MR) is 128 cm³/mol. The van der Waals surface area contributed by atoms with E-state index >= 15 is 0 Å². The molecule has 2 saturated heterocycles. The van der Waals surface area contributed by atoms with Crippen molar-refractivity contribution in [2.45, 2.75) is 56.6 Å². The van der Waals surface area contributed by atoms with Crippen molar-refractivity contribution in [1.82, 2.24) is 14.7 Å². The fourth-order valence-corrected chi connectivity index (χ4v) is 4.81. The van der Waals surface area contributed by atoms with Crippen LogP contribution in [-0.2, 0) is 6.54 Å². The van der Waals surface area contributed by atoms with Gasteiger partial charge in [-0.1, -0.05) is 18.9 Å². The summed E-state index contributed by atoms with van der Waals surface area (Å²) >= 11 is 0. The largest absolute Gasteiger partial charge is 0.395 e. The van der Waals surface area contributed by atoms with Gasteiger partial charge < -0.3 is 25.7 Å². The molecular formula is C23H39N5O6. The molecule has 0 aromatic heterocycles. The molecule has 3 rings (SSSR count). The van der Waals surface area contributed by atoms with Crippen molar-refractivity contribution in [3.63, 3.8) is 0 Å². The number of anilines is 1. The summed E-state index contributed by atoms with van der Waals surface area (Å²) in [5, 5.41) is 54.0. The van der Waals surface area contributed by atoms with Crippen LogP contribution in [0.4, 0.5) is 11.4 Å². The number of aliphatic hydroxyl groups excluding tert-OH is 4. The molecule has 2 aliphatic heterocycles. The fraction of sp³-hybridized carbons (Fsp3) is 0.739. The van der Waals surface area contributed by atoms with Gasteiger partial charge in [0.05, 0.1) is 30.3 Å². The number of hydrogen-bond donors (Lipinski definition) is 5. The van der Waals surface area contributed by atoms with E-state index in [1.54, 1.807) is 12.1 Å². The Hall–Kier alpha value is -1.86. The number of rotatable bonds is 12. The number of unbranched alkanes of at least 4 members (excludes halogenated alkanes) is 3. The van der Waals surface area contributed by atoms with E-state index in [2.05, 4.69) is 22.2 Å². The zero-order valence-electron chi connectivity index (χ0n) is 19.9. The van der Waals surface area contributed by atoms with E-state index in [-0.39, 0.29) is 23.8 Å². The van der Waals surface area contributed by atoms with Crippen LogP contribution in [-0.4, -0.2) is 117 Å². The van der Waals surface area contributed by atoms with Crippen LogP contribution in [0, 0.1) is 10.1 Å². The Kier molecular flexibility index (Phi) is 10.0. The number of nitrogens with one attached hydrogen (secondary N) is 1. The van der Waals surface area contributed by atoms with Crippen LogP contribution in [0.2, 0.25) is 0 Å². The maximum Gasteiger partial charge on any atom is 0.292 e. The van der Waals surface area contributed by atoms with E-state index in [1.807, 2.05) is 11.0 Å². The molecular weight excluding hydrogens is 442 g/mol. The molecule has 4 atom stereocenters. The minimum Gasteiger partial charge on any atom is -0.395 e. The van der Waals surface area contributed by atoms with Crippen LogP contribution in [0.3, 0.4) is 0 Å². The summed E-state index contributed by atoms with van der Waals surface area (Å²) in [7, 11) is 2.06. The first-order chi connectivity index (χ1) is 16.3. The molecule has 0 aliphatic carbocycles. The number of nitro benzene ring substituents is 1. The molecule has 0 spiro atoms. The summed E-state index contributed by atoms with van der Waals surface area (Å²) in [5.74, 6) is 0. The molecule has 2 aliphatic rings. The molecule has 2 fully saturated rings. The van der Waals surface area contributed by atoms with Crippen LogP contribution in [0.25, 0.3) is 0 Å². The lowest BCUT2D eigenvalue weighted by molar-refractivity contribution is -0.384. The normalized spacial score (nSPS) is 26.7. The van der Waals surface area contributed by atoms with Crippen LogP contribution < -0.4 is 5.32 Å². The monoisotopic (exact) mass is 481 g/mol.